The highest BCUT2D eigenvalue weighted by Gasteiger charge is 2.23. The molecule has 1 N–H and O–H groups in total. The van der Waals surface area contributed by atoms with E-state index in [4.69, 9.17) is 4.74 Å². The zero-order valence-corrected chi connectivity index (χ0v) is 11.5. The molecule has 1 aromatic heterocycles. The third-order valence-electron chi connectivity index (χ3n) is 3.15. The number of anilines is 2. The molecule has 0 amide bonds. The minimum atomic E-state index is -0.376. The van der Waals surface area contributed by atoms with Gasteiger partial charge in [-0.3, -0.25) is 0 Å². The summed E-state index contributed by atoms with van der Waals surface area (Å²) in [6.45, 7) is 6.87. The number of morpholine rings is 1. The summed E-state index contributed by atoms with van der Waals surface area (Å²) in [4.78, 5) is 10.2. The van der Waals surface area contributed by atoms with Crippen LogP contribution in [0.1, 0.15) is 26.7 Å². The van der Waals surface area contributed by atoms with E-state index in [0.717, 1.165) is 19.4 Å². The largest absolute Gasteiger partial charge is 0.375 e. The molecule has 1 fully saturated rings. The van der Waals surface area contributed by atoms with Crippen LogP contribution in [0.15, 0.2) is 6.20 Å². The number of ether oxygens (including phenoxy) is 1. The molecular formula is C13H21FN4O. The third kappa shape index (κ3) is 3.53. The van der Waals surface area contributed by atoms with Crippen molar-refractivity contribution >= 4 is 11.8 Å². The SMILES string of the molecule is CCCNc1ncc(F)c(N2CCOC(CC)C2)n1. The molecule has 2 rings (SSSR count). The van der Waals surface area contributed by atoms with Crippen molar-refractivity contribution in [2.45, 2.75) is 32.8 Å². The number of aromatic nitrogens is 2. The predicted octanol–water partition coefficient (Wildman–Crippen LogP) is 2.05. The first-order chi connectivity index (χ1) is 9.24. The number of hydrogen-bond donors (Lipinski definition) is 1. The van der Waals surface area contributed by atoms with E-state index >= 15 is 0 Å². The summed E-state index contributed by atoms with van der Waals surface area (Å²) in [5.74, 6) is 0.479. The van der Waals surface area contributed by atoms with Gasteiger partial charge in [0.1, 0.15) is 0 Å². The molecule has 1 unspecified atom stereocenters. The summed E-state index contributed by atoms with van der Waals surface area (Å²) in [7, 11) is 0. The lowest BCUT2D eigenvalue weighted by Gasteiger charge is -2.33. The number of halogens is 1. The fourth-order valence-electron chi connectivity index (χ4n) is 2.06. The van der Waals surface area contributed by atoms with E-state index in [1.165, 1.54) is 6.20 Å². The molecule has 1 aliphatic heterocycles. The number of rotatable bonds is 5. The summed E-state index contributed by atoms with van der Waals surface area (Å²) < 4.78 is 19.5. The van der Waals surface area contributed by atoms with Crippen LogP contribution in [0.4, 0.5) is 16.2 Å². The van der Waals surface area contributed by atoms with Gasteiger partial charge in [0.2, 0.25) is 5.95 Å². The van der Waals surface area contributed by atoms with Crippen molar-refractivity contribution in [1.29, 1.82) is 0 Å². The zero-order valence-electron chi connectivity index (χ0n) is 11.5. The molecule has 6 heteroatoms. The van der Waals surface area contributed by atoms with Crippen molar-refractivity contribution in [1.82, 2.24) is 9.97 Å². The zero-order chi connectivity index (χ0) is 13.7. The van der Waals surface area contributed by atoms with Gasteiger partial charge in [-0.2, -0.15) is 4.98 Å². The molecule has 0 spiro atoms. The first-order valence-corrected chi connectivity index (χ1v) is 6.87. The van der Waals surface area contributed by atoms with Crippen LogP contribution in [0.2, 0.25) is 0 Å². The number of nitrogens with zero attached hydrogens (tertiary/aromatic N) is 3. The summed E-state index contributed by atoms with van der Waals surface area (Å²) in [5.41, 5.74) is 0. The highest BCUT2D eigenvalue weighted by atomic mass is 19.1. The second kappa shape index (κ2) is 6.65. The van der Waals surface area contributed by atoms with Crippen molar-refractivity contribution in [3.8, 4) is 0 Å². The van der Waals surface area contributed by atoms with Crippen LogP contribution in [-0.4, -0.2) is 42.3 Å². The first kappa shape index (κ1) is 14.0. The summed E-state index contributed by atoms with van der Waals surface area (Å²) in [6.07, 6.45) is 3.28. The van der Waals surface area contributed by atoms with Crippen molar-refractivity contribution in [2.24, 2.45) is 0 Å². The predicted molar refractivity (Wildman–Crippen MR) is 73.0 cm³/mol. The monoisotopic (exact) mass is 268 g/mol. The van der Waals surface area contributed by atoms with Gasteiger partial charge >= 0.3 is 0 Å². The molecule has 0 bridgehead atoms. The Morgan fingerprint density at radius 1 is 1.53 bits per heavy atom. The van der Waals surface area contributed by atoms with E-state index in [1.54, 1.807) is 0 Å². The summed E-state index contributed by atoms with van der Waals surface area (Å²) in [5, 5.41) is 3.08. The molecule has 0 saturated carbocycles. The van der Waals surface area contributed by atoms with Gasteiger partial charge in [-0.15, -0.1) is 0 Å². The van der Waals surface area contributed by atoms with Crippen molar-refractivity contribution in [2.75, 3.05) is 36.5 Å². The van der Waals surface area contributed by atoms with Crippen LogP contribution in [-0.2, 0) is 4.74 Å². The van der Waals surface area contributed by atoms with Gasteiger partial charge in [-0.1, -0.05) is 13.8 Å². The maximum absolute atomic E-state index is 13.9. The second-order valence-corrected chi connectivity index (χ2v) is 4.64. The lowest BCUT2D eigenvalue weighted by atomic mass is 10.2. The standard InChI is InChI=1S/C13H21FN4O/c1-3-5-15-13-16-8-11(14)12(17-13)18-6-7-19-10(4-2)9-18/h8,10H,3-7,9H2,1-2H3,(H,15,16,17). The van der Waals surface area contributed by atoms with Gasteiger partial charge in [-0.05, 0) is 12.8 Å². The van der Waals surface area contributed by atoms with Gasteiger partial charge in [0.15, 0.2) is 11.6 Å². The lowest BCUT2D eigenvalue weighted by molar-refractivity contribution is 0.0379. The fraction of sp³-hybridized carbons (Fsp3) is 0.692. The van der Waals surface area contributed by atoms with Crippen LogP contribution in [0.5, 0.6) is 0 Å². The van der Waals surface area contributed by atoms with Gasteiger partial charge in [0, 0.05) is 19.6 Å². The average molecular weight is 268 g/mol. The third-order valence-corrected chi connectivity index (χ3v) is 3.15. The maximum atomic E-state index is 13.9. The minimum absolute atomic E-state index is 0.148. The lowest BCUT2D eigenvalue weighted by Crippen LogP contribution is -2.43. The maximum Gasteiger partial charge on any atom is 0.224 e. The molecule has 1 aromatic rings. The van der Waals surface area contributed by atoms with Crippen LogP contribution >= 0.6 is 0 Å². The molecular weight excluding hydrogens is 247 g/mol. The molecule has 1 atom stereocenters. The Bertz CT molecular complexity index is 416. The van der Waals surface area contributed by atoms with Crippen LogP contribution in [0.3, 0.4) is 0 Å². The Kier molecular flexibility index (Phi) is 4.90. The topological polar surface area (TPSA) is 50.3 Å². The quantitative estimate of drug-likeness (QED) is 0.885. The fourth-order valence-corrected chi connectivity index (χ4v) is 2.06. The smallest absolute Gasteiger partial charge is 0.224 e. The minimum Gasteiger partial charge on any atom is -0.375 e. The second-order valence-electron chi connectivity index (χ2n) is 4.64. The van der Waals surface area contributed by atoms with Crippen molar-refractivity contribution in [3.63, 3.8) is 0 Å². The van der Waals surface area contributed by atoms with Gasteiger partial charge in [0.25, 0.3) is 0 Å². The van der Waals surface area contributed by atoms with E-state index in [0.29, 0.717) is 31.5 Å². The molecule has 5 nitrogen and oxygen atoms in total. The van der Waals surface area contributed by atoms with E-state index < -0.39 is 0 Å². The Morgan fingerprint density at radius 2 is 2.37 bits per heavy atom. The first-order valence-electron chi connectivity index (χ1n) is 6.87. The highest BCUT2D eigenvalue weighted by Crippen LogP contribution is 2.20. The molecule has 0 radical (unpaired) electrons. The molecule has 1 aliphatic rings. The van der Waals surface area contributed by atoms with Crippen molar-refractivity contribution in [3.05, 3.63) is 12.0 Å². The molecule has 0 aromatic carbocycles. The molecule has 1 saturated heterocycles. The Hall–Kier alpha value is -1.43. The van der Waals surface area contributed by atoms with E-state index in [2.05, 4.69) is 29.1 Å². The van der Waals surface area contributed by atoms with Gasteiger partial charge < -0.3 is 15.0 Å². The van der Waals surface area contributed by atoms with Crippen LogP contribution in [0.25, 0.3) is 0 Å². The van der Waals surface area contributed by atoms with Crippen LogP contribution in [0, 0.1) is 5.82 Å². The van der Waals surface area contributed by atoms with Crippen LogP contribution < -0.4 is 10.2 Å². The van der Waals surface area contributed by atoms with E-state index in [9.17, 15) is 4.39 Å². The Morgan fingerprint density at radius 3 is 3.11 bits per heavy atom. The molecule has 19 heavy (non-hydrogen) atoms. The van der Waals surface area contributed by atoms with Crippen molar-refractivity contribution < 1.29 is 9.13 Å². The number of hydrogen-bond acceptors (Lipinski definition) is 5. The highest BCUT2D eigenvalue weighted by molar-refractivity contribution is 5.44. The number of nitrogens with one attached hydrogen (secondary N) is 1. The Balaban J connectivity index is 2.13. The molecule has 2 heterocycles. The van der Waals surface area contributed by atoms with Gasteiger partial charge in [0.05, 0.1) is 18.9 Å². The normalized spacial score (nSPS) is 19.5. The summed E-state index contributed by atoms with van der Waals surface area (Å²) >= 11 is 0. The Labute approximate surface area is 113 Å². The van der Waals surface area contributed by atoms with E-state index in [1.807, 2.05) is 4.90 Å². The summed E-state index contributed by atoms with van der Waals surface area (Å²) in [6, 6.07) is 0. The average Bonchev–Trinajstić information content (AvgIpc) is 2.46. The van der Waals surface area contributed by atoms with E-state index in [-0.39, 0.29) is 11.9 Å². The molecule has 0 aliphatic carbocycles. The van der Waals surface area contributed by atoms with Gasteiger partial charge in [-0.25, -0.2) is 9.37 Å². The molecule has 106 valence electrons.